The molecule has 7 nitrogen and oxygen atoms in total. The van der Waals surface area contributed by atoms with Crippen molar-refractivity contribution in [3.05, 3.63) is 52.1 Å². The molecule has 0 spiro atoms. The van der Waals surface area contributed by atoms with Crippen molar-refractivity contribution >= 4 is 51.7 Å². The van der Waals surface area contributed by atoms with Crippen molar-refractivity contribution in [2.75, 3.05) is 5.32 Å². The van der Waals surface area contributed by atoms with Gasteiger partial charge in [0.05, 0.1) is 26.8 Å². The SMILES string of the molecule is O=C(O)NC1CCC(Nc2c(C(=O)C3CC3)cnc3ccc(-c4cc(Cl)c(O)cc4Cl)cc23)CC1. The Bertz CT molecular complexity index is 1320. The molecule has 2 aromatic carbocycles. The van der Waals surface area contributed by atoms with Crippen LogP contribution in [-0.4, -0.2) is 39.2 Å². The number of benzene rings is 2. The summed E-state index contributed by atoms with van der Waals surface area (Å²) in [7, 11) is 0. The van der Waals surface area contributed by atoms with Crippen molar-refractivity contribution in [2.45, 2.75) is 50.6 Å². The van der Waals surface area contributed by atoms with E-state index in [2.05, 4.69) is 15.6 Å². The molecule has 1 aromatic heterocycles. The fourth-order valence-electron chi connectivity index (χ4n) is 4.79. The second-order valence-corrected chi connectivity index (χ2v) is 10.2. The van der Waals surface area contributed by atoms with E-state index in [4.69, 9.17) is 28.3 Å². The predicted molar refractivity (Wildman–Crippen MR) is 137 cm³/mol. The van der Waals surface area contributed by atoms with Crippen LogP contribution in [0.5, 0.6) is 5.75 Å². The number of hydrogen-bond donors (Lipinski definition) is 4. The smallest absolute Gasteiger partial charge is 0.404 e. The van der Waals surface area contributed by atoms with Crippen LogP contribution < -0.4 is 10.6 Å². The number of hydrogen-bond acceptors (Lipinski definition) is 5. The number of amides is 1. The number of carbonyl (C=O) groups is 2. The van der Waals surface area contributed by atoms with Crippen LogP contribution in [0.1, 0.15) is 48.9 Å². The molecule has 0 aliphatic heterocycles. The molecular formula is C26H25Cl2N3O4. The maximum atomic E-state index is 13.2. The number of aromatic nitrogens is 1. The van der Waals surface area contributed by atoms with Gasteiger partial charge in [-0.2, -0.15) is 0 Å². The number of aromatic hydroxyl groups is 1. The van der Waals surface area contributed by atoms with Crippen molar-refractivity contribution in [1.82, 2.24) is 10.3 Å². The van der Waals surface area contributed by atoms with Crippen molar-refractivity contribution in [1.29, 1.82) is 0 Å². The third-order valence-electron chi connectivity index (χ3n) is 6.83. The molecule has 0 bridgehead atoms. The van der Waals surface area contributed by atoms with Gasteiger partial charge in [-0.1, -0.05) is 29.3 Å². The van der Waals surface area contributed by atoms with Gasteiger partial charge in [0.2, 0.25) is 0 Å². The van der Waals surface area contributed by atoms with Gasteiger partial charge in [-0.25, -0.2) is 4.79 Å². The van der Waals surface area contributed by atoms with Crippen LogP contribution in [0.2, 0.25) is 10.0 Å². The molecule has 1 amide bonds. The number of phenols is 1. The maximum Gasteiger partial charge on any atom is 0.404 e. The molecule has 5 rings (SSSR count). The zero-order valence-corrected chi connectivity index (χ0v) is 20.4. The highest BCUT2D eigenvalue weighted by Crippen LogP contribution is 2.40. The van der Waals surface area contributed by atoms with E-state index in [-0.39, 0.29) is 34.6 Å². The normalized spacial score (nSPS) is 19.9. The van der Waals surface area contributed by atoms with Gasteiger partial charge in [0.25, 0.3) is 0 Å². The van der Waals surface area contributed by atoms with Gasteiger partial charge >= 0.3 is 6.09 Å². The van der Waals surface area contributed by atoms with E-state index < -0.39 is 6.09 Å². The zero-order valence-electron chi connectivity index (χ0n) is 18.9. The fraction of sp³-hybridized carbons (Fsp3) is 0.346. The number of nitrogens with one attached hydrogen (secondary N) is 2. The summed E-state index contributed by atoms with van der Waals surface area (Å²) in [5.41, 5.74) is 3.54. The quantitative estimate of drug-likeness (QED) is 0.280. The molecule has 2 aliphatic rings. The third kappa shape index (κ3) is 5.02. The summed E-state index contributed by atoms with van der Waals surface area (Å²) < 4.78 is 0. The lowest BCUT2D eigenvalue weighted by molar-refractivity contribution is 0.0968. The van der Waals surface area contributed by atoms with E-state index in [0.29, 0.717) is 16.1 Å². The van der Waals surface area contributed by atoms with Gasteiger partial charge < -0.3 is 20.8 Å². The van der Waals surface area contributed by atoms with Crippen molar-refractivity contribution < 1.29 is 19.8 Å². The number of anilines is 1. The number of ketones is 1. The minimum absolute atomic E-state index is 0.0406. The van der Waals surface area contributed by atoms with Crippen molar-refractivity contribution in [3.8, 4) is 16.9 Å². The summed E-state index contributed by atoms with van der Waals surface area (Å²) >= 11 is 12.6. The first kappa shape index (κ1) is 23.7. The summed E-state index contributed by atoms with van der Waals surface area (Å²) in [6.45, 7) is 0. The number of phenolic OH excluding ortho intramolecular Hbond substituents is 1. The van der Waals surface area contributed by atoms with Crippen LogP contribution >= 0.6 is 23.2 Å². The predicted octanol–water partition coefficient (Wildman–Crippen LogP) is 6.50. The first-order chi connectivity index (χ1) is 16.8. The number of nitrogens with zero attached hydrogens (tertiary/aromatic N) is 1. The Morgan fingerprint density at radius 2 is 1.66 bits per heavy atom. The maximum absolute atomic E-state index is 13.2. The second-order valence-electron chi connectivity index (χ2n) is 9.34. The standard InChI is InChI=1S/C26H25Cl2N3O4/c27-20-11-23(32)21(28)10-17(20)14-3-8-22-18(9-14)24(19(12-29-22)25(33)13-1-2-13)30-15-4-6-16(7-5-15)31-26(34)35/h3,8-13,15-16,31-32H,1-2,4-7H2,(H,29,30)(H,34,35). The number of rotatable bonds is 6. The molecule has 2 fully saturated rings. The Morgan fingerprint density at radius 1 is 0.943 bits per heavy atom. The highest BCUT2D eigenvalue weighted by molar-refractivity contribution is 6.36. The molecular weight excluding hydrogens is 489 g/mol. The van der Waals surface area contributed by atoms with Gasteiger partial charge in [-0.15, -0.1) is 0 Å². The van der Waals surface area contributed by atoms with Crippen LogP contribution in [0.3, 0.4) is 0 Å². The zero-order chi connectivity index (χ0) is 24.7. The summed E-state index contributed by atoms with van der Waals surface area (Å²) in [6.07, 6.45) is 5.47. The van der Waals surface area contributed by atoms with Gasteiger partial charge in [-0.3, -0.25) is 9.78 Å². The Morgan fingerprint density at radius 3 is 2.34 bits per heavy atom. The minimum atomic E-state index is -1.00. The van der Waals surface area contributed by atoms with Gasteiger partial charge in [0.15, 0.2) is 5.78 Å². The third-order valence-corrected chi connectivity index (χ3v) is 7.45. The average molecular weight is 514 g/mol. The highest BCUT2D eigenvalue weighted by Gasteiger charge is 2.33. The van der Waals surface area contributed by atoms with Crippen LogP contribution in [0.25, 0.3) is 22.0 Å². The lowest BCUT2D eigenvalue weighted by Crippen LogP contribution is -2.39. The molecule has 1 heterocycles. The monoisotopic (exact) mass is 513 g/mol. The Balaban J connectivity index is 1.54. The average Bonchev–Trinajstić information content (AvgIpc) is 3.67. The van der Waals surface area contributed by atoms with E-state index >= 15 is 0 Å². The molecule has 0 atom stereocenters. The van der Waals surface area contributed by atoms with E-state index in [1.807, 2.05) is 18.2 Å². The van der Waals surface area contributed by atoms with E-state index in [1.165, 1.54) is 6.07 Å². The fourth-order valence-corrected chi connectivity index (χ4v) is 5.22. The molecule has 35 heavy (non-hydrogen) atoms. The van der Waals surface area contributed by atoms with Crippen LogP contribution in [0.4, 0.5) is 10.5 Å². The van der Waals surface area contributed by atoms with Crippen LogP contribution in [0, 0.1) is 5.92 Å². The number of Topliss-reactive ketones (excluding diaryl/α,β-unsaturated/α-hetero) is 1. The first-order valence-corrected chi connectivity index (χ1v) is 12.5. The summed E-state index contributed by atoms with van der Waals surface area (Å²) in [5.74, 6) is 0.0496. The van der Waals surface area contributed by atoms with E-state index in [9.17, 15) is 14.7 Å². The van der Waals surface area contributed by atoms with E-state index in [1.54, 1.807) is 12.3 Å². The summed E-state index contributed by atoms with van der Waals surface area (Å²) in [4.78, 5) is 28.7. The Hall–Kier alpha value is -3.03. The number of pyridine rings is 1. The summed E-state index contributed by atoms with van der Waals surface area (Å²) in [6, 6.07) is 8.80. The largest absolute Gasteiger partial charge is 0.506 e. The Kier molecular flexibility index (Phi) is 6.47. The molecule has 2 saturated carbocycles. The number of carbonyl (C=O) groups excluding carboxylic acids is 1. The second kappa shape index (κ2) is 9.55. The molecule has 0 unspecified atom stereocenters. The van der Waals surface area contributed by atoms with Crippen LogP contribution in [0.15, 0.2) is 36.5 Å². The lowest BCUT2D eigenvalue weighted by Gasteiger charge is -2.30. The van der Waals surface area contributed by atoms with Gasteiger partial charge in [0.1, 0.15) is 5.75 Å². The molecule has 0 saturated heterocycles. The van der Waals surface area contributed by atoms with Gasteiger partial charge in [0, 0.05) is 41.2 Å². The topological polar surface area (TPSA) is 112 Å². The summed E-state index contributed by atoms with van der Waals surface area (Å²) in [5, 5.41) is 26.4. The lowest BCUT2D eigenvalue weighted by atomic mass is 9.90. The Labute approximate surface area is 212 Å². The molecule has 4 N–H and O–H groups in total. The molecule has 182 valence electrons. The number of carboxylic acid groups (broad SMARTS) is 1. The van der Waals surface area contributed by atoms with Gasteiger partial charge in [-0.05, 0) is 62.3 Å². The highest BCUT2D eigenvalue weighted by atomic mass is 35.5. The number of fused-ring (bicyclic) bond motifs is 1. The molecule has 2 aliphatic carbocycles. The van der Waals surface area contributed by atoms with Crippen molar-refractivity contribution in [2.24, 2.45) is 5.92 Å². The molecule has 3 aromatic rings. The van der Waals surface area contributed by atoms with E-state index in [0.717, 1.165) is 60.7 Å². The molecule has 9 heteroatoms. The first-order valence-electron chi connectivity index (χ1n) is 11.7. The van der Waals surface area contributed by atoms with Crippen LogP contribution in [-0.2, 0) is 0 Å². The minimum Gasteiger partial charge on any atom is -0.506 e. The van der Waals surface area contributed by atoms with Crippen molar-refractivity contribution in [3.63, 3.8) is 0 Å². The molecule has 0 radical (unpaired) electrons. The number of halogens is 2.